The maximum Gasteiger partial charge on any atom is 0.131 e. The molecular weight excluding hydrogens is 215 g/mol. The topological polar surface area (TPSA) is 20.2 Å². The fraction of sp³-hybridized carbons (Fsp3) is 0.200. The SMILES string of the molecule is Cc1ccc(-c2ccc(CCO)cc2F)cc1. The molecule has 0 spiro atoms. The molecule has 1 N–H and O–H groups in total. The van der Waals surface area contributed by atoms with Gasteiger partial charge in [-0.15, -0.1) is 0 Å². The average molecular weight is 230 g/mol. The average Bonchev–Trinajstić information content (AvgIpc) is 2.31. The molecule has 0 heterocycles. The first-order valence-electron chi connectivity index (χ1n) is 5.67. The Hall–Kier alpha value is -1.67. The molecule has 0 unspecified atom stereocenters. The van der Waals surface area contributed by atoms with E-state index in [1.54, 1.807) is 6.07 Å². The molecule has 2 rings (SSSR count). The van der Waals surface area contributed by atoms with Crippen LogP contribution in [0.3, 0.4) is 0 Å². The molecule has 0 fully saturated rings. The molecule has 0 aliphatic carbocycles. The predicted molar refractivity (Wildman–Crippen MR) is 67.4 cm³/mol. The third-order valence-electron chi connectivity index (χ3n) is 2.80. The largest absolute Gasteiger partial charge is 0.396 e. The number of hydrogen-bond donors (Lipinski definition) is 1. The van der Waals surface area contributed by atoms with Gasteiger partial charge in [-0.05, 0) is 30.5 Å². The summed E-state index contributed by atoms with van der Waals surface area (Å²) in [6, 6.07) is 12.9. The first kappa shape index (κ1) is 11.8. The van der Waals surface area contributed by atoms with E-state index in [1.165, 1.54) is 6.07 Å². The summed E-state index contributed by atoms with van der Waals surface area (Å²) in [5, 5.41) is 8.80. The molecule has 0 aliphatic heterocycles. The lowest BCUT2D eigenvalue weighted by atomic mass is 10.0. The van der Waals surface area contributed by atoms with Crippen LogP contribution in [0.15, 0.2) is 42.5 Å². The molecule has 0 saturated carbocycles. The Morgan fingerprint density at radius 1 is 1.06 bits per heavy atom. The molecule has 1 nitrogen and oxygen atoms in total. The highest BCUT2D eigenvalue weighted by Gasteiger charge is 2.05. The lowest BCUT2D eigenvalue weighted by molar-refractivity contribution is 0.299. The molecule has 0 saturated heterocycles. The van der Waals surface area contributed by atoms with E-state index in [4.69, 9.17) is 5.11 Å². The molecule has 0 radical (unpaired) electrons. The van der Waals surface area contributed by atoms with Gasteiger partial charge in [0.25, 0.3) is 0 Å². The summed E-state index contributed by atoms with van der Waals surface area (Å²) < 4.78 is 13.9. The van der Waals surface area contributed by atoms with Gasteiger partial charge in [0.15, 0.2) is 0 Å². The van der Waals surface area contributed by atoms with Gasteiger partial charge in [0, 0.05) is 12.2 Å². The number of hydrogen-bond acceptors (Lipinski definition) is 1. The molecule has 2 aromatic carbocycles. The van der Waals surface area contributed by atoms with Gasteiger partial charge in [-0.25, -0.2) is 4.39 Å². The smallest absolute Gasteiger partial charge is 0.131 e. The van der Waals surface area contributed by atoms with Crippen molar-refractivity contribution in [2.24, 2.45) is 0 Å². The number of rotatable bonds is 3. The van der Waals surface area contributed by atoms with Crippen LogP contribution in [0.5, 0.6) is 0 Å². The predicted octanol–water partition coefficient (Wildman–Crippen LogP) is 3.34. The molecule has 0 aromatic heterocycles. The molecule has 17 heavy (non-hydrogen) atoms. The van der Waals surface area contributed by atoms with E-state index < -0.39 is 0 Å². The van der Waals surface area contributed by atoms with Crippen molar-refractivity contribution in [1.29, 1.82) is 0 Å². The summed E-state index contributed by atoms with van der Waals surface area (Å²) in [4.78, 5) is 0. The number of benzene rings is 2. The maximum atomic E-state index is 13.9. The van der Waals surface area contributed by atoms with Crippen LogP contribution < -0.4 is 0 Å². The van der Waals surface area contributed by atoms with E-state index in [0.29, 0.717) is 12.0 Å². The van der Waals surface area contributed by atoms with Crippen molar-refractivity contribution in [2.75, 3.05) is 6.61 Å². The van der Waals surface area contributed by atoms with Gasteiger partial charge in [0.05, 0.1) is 0 Å². The second-order valence-corrected chi connectivity index (χ2v) is 4.15. The molecule has 2 heteroatoms. The number of aliphatic hydroxyl groups excluding tert-OH is 1. The number of halogens is 1. The van der Waals surface area contributed by atoms with Crippen LogP contribution in [-0.2, 0) is 6.42 Å². The lowest BCUT2D eigenvalue weighted by Crippen LogP contribution is -1.93. The summed E-state index contributed by atoms with van der Waals surface area (Å²) >= 11 is 0. The summed E-state index contributed by atoms with van der Waals surface area (Å²) in [6.07, 6.45) is 0.491. The Labute approximate surface area is 101 Å². The third kappa shape index (κ3) is 2.71. The molecule has 0 aliphatic rings. The van der Waals surface area contributed by atoms with E-state index in [1.807, 2.05) is 37.3 Å². The minimum atomic E-state index is -0.236. The van der Waals surface area contributed by atoms with Crippen molar-refractivity contribution in [1.82, 2.24) is 0 Å². The van der Waals surface area contributed by atoms with Crippen LogP contribution in [-0.4, -0.2) is 11.7 Å². The number of aryl methyl sites for hydroxylation is 1. The Balaban J connectivity index is 2.36. The molecule has 2 aromatic rings. The van der Waals surface area contributed by atoms with Crippen LogP contribution in [0, 0.1) is 12.7 Å². The van der Waals surface area contributed by atoms with Crippen LogP contribution >= 0.6 is 0 Å². The zero-order valence-corrected chi connectivity index (χ0v) is 9.78. The minimum Gasteiger partial charge on any atom is -0.396 e. The Bertz CT molecular complexity index is 503. The van der Waals surface area contributed by atoms with Gasteiger partial charge in [-0.2, -0.15) is 0 Å². The number of aliphatic hydroxyl groups is 1. The van der Waals surface area contributed by atoms with E-state index in [2.05, 4.69) is 0 Å². The van der Waals surface area contributed by atoms with Gasteiger partial charge in [-0.1, -0.05) is 42.0 Å². The first-order chi connectivity index (χ1) is 8.20. The zero-order valence-electron chi connectivity index (χ0n) is 9.78. The molecule has 88 valence electrons. The van der Waals surface area contributed by atoms with Crippen molar-refractivity contribution in [3.63, 3.8) is 0 Å². The Kier molecular flexibility index (Phi) is 3.55. The van der Waals surface area contributed by atoms with Crippen molar-refractivity contribution >= 4 is 0 Å². The highest BCUT2D eigenvalue weighted by molar-refractivity contribution is 5.64. The van der Waals surface area contributed by atoms with Gasteiger partial charge >= 0.3 is 0 Å². The summed E-state index contributed by atoms with van der Waals surface area (Å²) in [7, 11) is 0. The van der Waals surface area contributed by atoms with Crippen molar-refractivity contribution in [3.05, 3.63) is 59.4 Å². The first-order valence-corrected chi connectivity index (χ1v) is 5.67. The summed E-state index contributed by atoms with van der Waals surface area (Å²) in [6.45, 7) is 2.05. The maximum absolute atomic E-state index is 13.9. The minimum absolute atomic E-state index is 0.0450. The highest BCUT2D eigenvalue weighted by atomic mass is 19.1. The standard InChI is InChI=1S/C15H15FO/c1-11-2-5-13(6-3-11)14-7-4-12(8-9-17)10-15(14)16/h2-7,10,17H,8-9H2,1H3. The summed E-state index contributed by atoms with van der Waals surface area (Å²) in [5.41, 5.74) is 3.46. The Morgan fingerprint density at radius 3 is 2.35 bits per heavy atom. The van der Waals surface area contributed by atoms with Crippen LogP contribution in [0.4, 0.5) is 4.39 Å². The highest BCUT2D eigenvalue weighted by Crippen LogP contribution is 2.24. The van der Waals surface area contributed by atoms with Crippen molar-refractivity contribution in [3.8, 4) is 11.1 Å². The Morgan fingerprint density at radius 2 is 1.76 bits per heavy atom. The second-order valence-electron chi connectivity index (χ2n) is 4.15. The van der Waals surface area contributed by atoms with Crippen LogP contribution in [0.1, 0.15) is 11.1 Å². The lowest BCUT2D eigenvalue weighted by Gasteiger charge is -2.06. The van der Waals surface area contributed by atoms with Crippen molar-refractivity contribution in [2.45, 2.75) is 13.3 Å². The third-order valence-corrected chi connectivity index (χ3v) is 2.80. The molecular formula is C15H15FO. The second kappa shape index (κ2) is 5.11. The van der Waals surface area contributed by atoms with E-state index in [0.717, 1.165) is 16.7 Å². The molecule has 0 amide bonds. The summed E-state index contributed by atoms with van der Waals surface area (Å²) in [5.74, 6) is -0.236. The molecule has 0 bridgehead atoms. The fourth-order valence-electron chi connectivity index (χ4n) is 1.81. The monoisotopic (exact) mass is 230 g/mol. The van der Waals surface area contributed by atoms with Crippen molar-refractivity contribution < 1.29 is 9.50 Å². The van der Waals surface area contributed by atoms with Gasteiger partial charge < -0.3 is 5.11 Å². The van der Waals surface area contributed by atoms with Crippen LogP contribution in [0.2, 0.25) is 0 Å². The van der Waals surface area contributed by atoms with Gasteiger partial charge in [-0.3, -0.25) is 0 Å². The van der Waals surface area contributed by atoms with Gasteiger partial charge in [0.1, 0.15) is 5.82 Å². The van der Waals surface area contributed by atoms with Gasteiger partial charge in [0.2, 0.25) is 0 Å². The van der Waals surface area contributed by atoms with E-state index in [-0.39, 0.29) is 12.4 Å². The fourth-order valence-corrected chi connectivity index (χ4v) is 1.81. The van der Waals surface area contributed by atoms with Crippen LogP contribution in [0.25, 0.3) is 11.1 Å². The molecule has 0 atom stereocenters. The zero-order chi connectivity index (χ0) is 12.3. The quantitative estimate of drug-likeness (QED) is 0.857. The van der Waals surface area contributed by atoms with E-state index in [9.17, 15) is 4.39 Å². The van der Waals surface area contributed by atoms with E-state index >= 15 is 0 Å². The normalized spacial score (nSPS) is 10.5.